The zero-order chi connectivity index (χ0) is 30.5. The molecule has 1 amide bonds. The van der Waals surface area contributed by atoms with Crippen LogP contribution in [0.4, 0.5) is 4.39 Å². The molecule has 3 aliphatic carbocycles. The lowest BCUT2D eigenvalue weighted by Gasteiger charge is -2.50. The molecule has 11 heteroatoms. The van der Waals surface area contributed by atoms with Gasteiger partial charge in [-0.05, 0) is 57.5 Å². The van der Waals surface area contributed by atoms with Gasteiger partial charge in [-0.15, -0.1) is 0 Å². The van der Waals surface area contributed by atoms with Crippen LogP contribution in [0.15, 0.2) is 53.3 Å². The number of nitrogens with two attached hydrogens (primary N) is 1. The topological polar surface area (TPSA) is 162 Å². The number of carbonyl (C=O) groups excluding carboxylic acids is 3. The number of likely N-dealkylation sites (N-methyl/N-ethyl adjacent to an activating group) is 1. The fourth-order valence-corrected chi connectivity index (χ4v) is 6.72. The van der Waals surface area contributed by atoms with Crippen molar-refractivity contribution in [3.8, 4) is 5.75 Å². The van der Waals surface area contributed by atoms with E-state index in [9.17, 15) is 29.7 Å². The molecule has 0 heterocycles. The Labute approximate surface area is 242 Å². The molecule has 2 aromatic carbocycles. The third-order valence-corrected chi connectivity index (χ3v) is 8.68. The first-order valence-electron chi connectivity index (χ1n) is 13.7. The first kappa shape index (κ1) is 29.4. The van der Waals surface area contributed by atoms with Gasteiger partial charge in [-0.2, -0.15) is 0 Å². The lowest BCUT2D eigenvalue weighted by Crippen LogP contribution is -2.65. The third-order valence-electron chi connectivity index (χ3n) is 8.68. The minimum atomic E-state index is -2.70. The van der Waals surface area contributed by atoms with Gasteiger partial charge in [-0.25, -0.2) is 4.39 Å². The highest BCUT2D eigenvalue weighted by molar-refractivity contribution is 6.24. The fraction of sp³-hybridized carbons (Fsp3) is 0.387. The molecule has 0 bridgehead atoms. The number of hydrogen-bond acceptors (Lipinski definition) is 9. The van der Waals surface area contributed by atoms with Crippen LogP contribution < -0.4 is 15.8 Å². The Balaban J connectivity index is 1.54. The Hall–Kier alpha value is -4.06. The molecule has 1 fully saturated rings. The number of fused-ring (bicyclic) bond motifs is 3. The average molecular weight is 580 g/mol. The van der Waals surface area contributed by atoms with Gasteiger partial charge in [0.15, 0.2) is 11.4 Å². The van der Waals surface area contributed by atoms with Crippen molar-refractivity contribution in [3.63, 3.8) is 0 Å². The van der Waals surface area contributed by atoms with Crippen molar-refractivity contribution in [2.45, 2.75) is 37.5 Å². The molecule has 4 atom stereocenters. The van der Waals surface area contributed by atoms with Crippen molar-refractivity contribution >= 4 is 23.2 Å². The van der Waals surface area contributed by atoms with Gasteiger partial charge in [0.05, 0.1) is 18.7 Å². The van der Waals surface area contributed by atoms with Crippen molar-refractivity contribution in [3.05, 3.63) is 81.4 Å². The SMILES string of the molecule is COc1cc(CNCCc2ccccc2)c(F)c2c1C(O)=C1C(=O)[C@]3(O)C(O)=C(C(N)=O)C(=O)[C@@H](N(C)C)[C@@H]3C[C@@H]1C2. The summed E-state index contributed by atoms with van der Waals surface area (Å²) >= 11 is 0. The summed E-state index contributed by atoms with van der Waals surface area (Å²) in [5.74, 6) is -7.28. The van der Waals surface area contributed by atoms with E-state index < -0.39 is 63.9 Å². The number of amides is 1. The second kappa shape index (κ2) is 11.0. The summed E-state index contributed by atoms with van der Waals surface area (Å²) in [7, 11) is 4.43. The number of ether oxygens (including phenoxy) is 1. The summed E-state index contributed by atoms with van der Waals surface area (Å²) in [5, 5.41) is 37.3. The summed E-state index contributed by atoms with van der Waals surface area (Å²) < 4.78 is 21.5. The molecule has 1 saturated carbocycles. The van der Waals surface area contributed by atoms with E-state index in [0.29, 0.717) is 12.1 Å². The number of aliphatic hydroxyl groups is 3. The summed E-state index contributed by atoms with van der Waals surface area (Å²) in [6, 6.07) is 10.1. The Morgan fingerprint density at radius 1 is 1.21 bits per heavy atom. The summed E-state index contributed by atoms with van der Waals surface area (Å²) in [6.07, 6.45) is 0.665. The molecule has 42 heavy (non-hydrogen) atoms. The van der Waals surface area contributed by atoms with Crippen LogP contribution in [0.5, 0.6) is 5.75 Å². The predicted molar refractivity (Wildman–Crippen MR) is 151 cm³/mol. The number of halogens is 1. The van der Waals surface area contributed by atoms with E-state index in [1.807, 2.05) is 30.3 Å². The average Bonchev–Trinajstić information content (AvgIpc) is 2.94. The number of benzene rings is 2. The van der Waals surface area contributed by atoms with Gasteiger partial charge in [0.25, 0.3) is 5.91 Å². The number of ketones is 2. The summed E-state index contributed by atoms with van der Waals surface area (Å²) in [4.78, 5) is 40.7. The number of primary amides is 1. The molecule has 0 unspecified atom stereocenters. The number of Topliss-reactive ketones (excluding diaryl/α,β-unsaturated/α-hetero) is 2. The zero-order valence-electron chi connectivity index (χ0n) is 23.6. The van der Waals surface area contributed by atoms with E-state index in [2.05, 4.69) is 5.32 Å². The van der Waals surface area contributed by atoms with Crippen molar-refractivity contribution in [2.75, 3.05) is 27.7 Å². The van der Waals surface area contributed by atoms with Crippen LogP contribution in [0.1, 0.15) is 28.7 Å². The molecular formula is C31H34FN3O7. The molecule has 3 aliphatic rings. The minimum absolute atomic E-state index is 0.0145. The molecule has 10 nitrogen and oxygen atoms in total. The zero-order valence-corrected chi connectivity index (χ0v) is 23.6. The van der Waals surface area contributed by atoms with Gasteiger partial charge in [-0.1, -0.05) is 30.3 Å². The molecule has 2 aromatic rings. The fourth-order valence-electron chi connectivity index (χ4n) is 6.72. The molecule has 0 aromatic heterocycles. The maximum Gasteiger partial charge on any atom is 0.255 e. The Morgan fingerprint density at radius 3 is 2.52 bits per heavy atom. The van der Waals surface area contributed by atoms with Crippen LogP contribution in [0.2, 0.25) is 0 Å². The van der Waals surface area contributed by atoms with Crippen LogP contribution in [0, 0.1) is 17.7 Å². The smallest absolute Gasteiger partial charge is 0.255 e. The van der Waals surface area contributed by atoms with E-state index in [-0.39, 0.29) is 41.8 Å². The molecule has 0 spiro atoms. The molecule has 0 radical (unpaired) electrons. The molecule has 5 rings (SSSR count). The first-order chi connectivity index (χ1) is 19.9. The first-order valence-corrected chi connectivity index (χ1v) is 13.7. The number of rotatable bonds is 8. The quantitative estimate of drug-likeness (QED) is 0.232. The summed E-state index contributed by atoms with van der Waals surface area (Å²) in [5.41, 5.74) is 3.17. The number of hydrogen-bond donors (Lipinski definition) is 5. The number of methoxy groups -OCH3 is 1. The van der Waals surface area contributed by atoms with Crippen molar-refractivity contribution in [1.29, 1.82) is 0 Å². The van der Waals surface area contributed by atoms with Crippen molar-refractivity contribution in [1.82, 2.24) is 10.2 Å². The van der Waals surface area contributed by atoms with Crippen LogP contribution in [-0.2, 0) is 33.8 Å². The lowest BCUT2D eigenvalue weighted by molar-refractivity contribution is -0.153. The monoisotopic (exact) mass is 579 g/mol. The Bertz CT molecular complexity index is 1530. The number of carbonyl (C=O) groups is 3. The van der Waals surface area contributed by atoms with E-state index in [1.165, 1.54) is 32.2 Å². The highest BCUT2D eigenvalue weighted by Gasteiger charge is 2.64. The molecule has 0 saturated heterocycles. The van der Waals surface area contributed by atoms with Crippen LogP contribution >= 0.6 is 0 Å². The van der Waals surface area contributed by atoms with Crippen LogP contribution in [-0.4, -0.2) is 77.1 Å². The standard InChI is InChI=1S/C31H34FN3O7/c1-35(2)25-19-12-16-11-18-22(26(36)21(16)28(38)31(19,41)29(39)23(27(25)37)30(33)40)20(42-3)13-17(24(18)32)14-34-10-9-15-7-5-4-6-8-15/h4-8,13,16,19,25,34,36,39,41H,9-12,14H2,1-3H3,(H2,33,40)/t16-,19-,25-,31-/m0/s1. The van der Waals surface area contributed by atoms with Gasteiger partial charge < -0.3 is 31.1 Å². The van der Waals surface area contributed by atoms with Crippen molar-refractivity contribution in [2.24, 2.45) is 17.6 Å². The van der Waals surface area contributed by atoms with Gasteiger partial charge in [0, 0.05) is 29.2 Å². The van der Waals surface area contributed by atoms with Gasteiger partial charge >= 0.3 is 0 Å². The Kier molecular flexibility index (Phi) is 7.69. The maximum atomic E-state index is 16.0. The van der Waals surface area contributed by atoms with Gasteiger partial charge in [0.1, 0.15) is 28.7 Å². The predicted octanol–water partition coefficient (Wildman–Crippen LogP) is 1.74. The van der Waals surface area contributed by atoms with E-state index in [1.54, 1.807) is 0 Å². The van der Waals surface area contributed by atoms with E-state index in [0.717, 1.165) is 12.0 Å². The minimum Gasteiger partial charge on any atom is -0.508 e. The largest absolute Gasteiger partial charge is 0.508 e. The summed E-state index contributed by atoms with van der Waals surface area (Å²) in [6.45, 7) is 0.789. The van der Waals surface area contributed by atoms with Crippen molar-refractivity contribution < 1.29 is 38.8 Å². The second-order valence-electron chi connectivity index (χ2n) is 11.3. The van der Waals surface area contributed by atoms with E-state index >= 15 is 4.39 Å². The number of nitrogens with one attached hydrogen (secondary N) is 1. The number of aliphatic hydroxyl groups excluding tert-OH is 2. The normalized spacial score (nSPS) is 25.3. The molecule has 0 aliphatic heterocycles. The molecular weight excluding hydrogens is 545 g/mol. The lowest BCUT2D eigenvalue weighted by atomic mass is 9.57. The third kappa shape index (κ3) is 4.48. The maximum absolute atomic E-state index is 16.0. The highest BCUT2D eigenvalue weighted by Crippen LogP contribution is 2.53. The van der Waals surface area contributed by atoms with Crippen LogP contribution in [0.3, 0.4) is 0 Å². The van der Waals surface area contributed by atoms with Crippen LogP contribution in [0.25, 0.3) is 5.76 Å². The molecule has 222 valence electrons. The van der Waals surface area contributed by atoms with Gasteiger partial charge in [-0.3, -0.25) is 19.3 Å². The van der Waals surface area contributed by atoms with Gasteiger partial charge in [0.2, 0.25) is 5.78 Å². The van der Waals surface area contributed by atoms with E-state index in [4.69, 9.17) is 10.5 Å². The number of nitrogens with zero attached hydrogens (tertiary/aromatic N) is 1. The highest BCUT2D eigenvalue weighted by atomic mass is 19.1. The Morgan fingerprint density at radius 2 is 1.90 bits per heavy atom. The molecule has 6 N–H and O–H groups in total. The second-order valence-corrected chi connectivity index (χ2v) is 11.3.